The second kappa shape index (κ2) is 14.8. The van der Waals surface area contributed by atoms with E-state index in [0.29, 0.717) is 0 Å². The van der Waals surface area contributed by atoms with Gasteiger partial charge in [0.25, 0.3) is 0 Å². The summed E-state index contributed by atoms with van der Waals surface area (Å²) in [5, 5.41) is 7.27. The fraction of sp³-hybridized carbons (Fsp3) is 0.0159. The molecule has 65 heavy (non-hydrogen) atoms. The van der Waals surface area contributed by atoms with E-state index in [1.807, 2.05) is 0 Å². The average molecular weight is 827 g/mol. The first kappa shape index (κ1) is 37.1. The van der Waals surface area contributed by atoms with E-state index in [0.717, 1.165) is 28.3 Å². The normalized spacial score (nSPS) is 12.7. The minimum Gasteiger partial charge on any atom is -0.309 e. The van der Waals surface area contributed by atoms with E-state index in [9.17, 15) is 0 Å². The van der Waals surface area contributed by atoms with Gasteiger partial charge in [-0.25, -0.2) is 0 Å². The first-order valence-electron chi connectivity index (χ1n) is 22.5. The van der Waals surface area contributed by atoms with Crippen LogP contribution in [-0.2, 0) is 5.41 Å². The number of fused-ring (bicyclic) bond motifs is 9. The minimum absolute atomic E-state index is 0.538. The molecule has 1 aliphatic rings. The van der Waals surface area contributed by atoms with Crippen molar-refractivity contribution in [3.8, 4) is 27.9 Å². The van der Waals surface area contributed by atoms with Crippen LogP contribution in [0.15, 0.2) is 255 Å². The molecule has 0 amide bonds. The van der Waals surface area contributed by atoms with Crippen LogP contribution in [0.4, 0.5) is 17.1 Å². The van der Waals surface area contributed by atoms with Crippen LogP contribution in [0.2, 0.25) is 0 Å². The lowest BCUT2D eigenvalue weighted by Crippen LogP contribution is -2.28. The van der Waals surface area contributed by atoms with Gasteiger partial charge in [0, 0.05) is 33.1 Å². The molecule has 0 saturated carbocycles. The highest BCUT2D eigenvalue weighted by atomic mass is 15.2. The number of benzene rings is 11. The van der Waals surface area contributed by atoms with Crippen LogP contribution >= 0.6 is 0 Å². The Balaban J connectivity index is 1.18. The lowest BCUT2D eigenvalue weighted by Gasteiger charge is -2.34. The van der Waals surface area contributed by atoms with Crippen LogP contribution in [0.3, 0.4) is 0 Å². The van der Waals surface area contributed by atoms with Crippen LogP contribution in [0.1, 0.15) is 22.3 Å². The summed E-state index contributed by atoms with van der Waals surface area (Å²) < 4.78 is 2.49. The van der Waals surface area contributed by atoms with E-state index >= 15 is 0 Å². The largest absolute Gasteiger partial charge is 0.309 e. The van der Waals surface area contributed by atoms with Gasteiger partial charge in [-0.1, -0.05) is 200 Å². The fourth-order valence-corrected chi connectivity index (χ4v) is 11.1. The molecule has 0 saturated heterocycles. The Morgan fingerprint density at radius 3 is 1.71 bits per heavy atom. The molecule has 1 aliphatic carbocycles. The maximum atomic E-state index is 2.55. The van der Waals surface area contributed by atoms with Crippen molar-refractivity contribution >= 4 is 60.4 Å². The van der Waals surface area contributed by atoms with Gasteiger partial charge >= 0.3 is 0 Å². The molecule has 11 aromatic carbocycles. The topological polar surface area (TPSA) is 8.17 Å². The molecule has 1 aromatic heterocycles. The molecule has 0 aliphatic heterocycles. The third-order valence-corrected chi connectivity index (χ3v) is 13.8. The van der Waals surface area contributed by atoms with E-state index in [-0.39, 0.29) is 0 Å². The molecule has 0 radical (unpaired) electrons. The molecule has 2 nitrogen and oxygen atoms in total. The third kappa shape index (κ3) is 5.60. The van der Waals surface area contributed by atoms with Crippen LogP contribution in [0.5, 0.6) is 0 Å². The molecule has 0 bridgehead atoms. The molecule has 0 fully saturated rings. The van der Waals surface area contributed by atoms with Gasteiger partial charge in [0.2, 0.25) is 0 Å². The predicted octanol–water partition coefficient (Wildman–Crippen LogP) is 16.6. The first-order chi connectivity index (χ1) is 32.3. The summed E-state index contributed by atoms with van der Waals surface area (Å²) in [6, 6.07) is 94.0. The van der Waals surface area contributed by atoms with E-state index in [1.165, 1.54) is 82.3 Å². The highest BCUT2D eigenvalue weighted by molar-refractivity contribution is 6.25. The molecule has 0 unspecified atom stereocenters. The molecular formula is C63H42N2. The highest BCUT2D eigenvalue weighted by Crippen LogP contribution is 2.60. The average Bonchev–Trinajstić information content (AvgIpc) is 3.89. The van der Waals surface area contributed by atoms with E-state index in [1.54, 1.807) is 0 Å². The molecule has 0 atom stereocenters. The minimum atomic E-state index is -0.538. The molecule has 12 aromatic rings. The zero-order valence-corrected chi connectivity index (χ0v) is 35.6. The zero-order valence-electron chi connectivity index (χ0n) is 35.6. The number of hydrogen-bond donors (Lipinski definition) is 0. The Morgan fingerprint density at radius 1 is 0.369 bits per heavy atom. The SMILES string of the molecule is c1ccc(N(c2cccc3c2-c2ccccc2C3(c2ccccc2)c2ccccc2)c2cc3ccccc3c3c2c2cc(-c4ccc5ccccc5c4)ccc2n3-c2ccccc2)cc1. The third-order valence-electron chi connectivity index (χ3n) is 13.8. The Hall–Kier alpha value is -8.46. The van der Waals surface area contributed by atoms with Crippen molar-refractivity contribution in [3.63, 3.8) is 0 Å². The maximum absolute atomic E-state index is 2.55. The van der Waals surface area contributed by atoms with Crippen LogP contribution in [-0.4, -0.2) is 4.57 Å². The Bertz CT molecular complexity index is 3720. The fourth-order valence-electron chi connectivity index (χ4n) is 11.1. The van der Waals surface area contributed by atoms with Gasteiger partial charge < -0.3 is 9.47 Å². The number of rotatable bonds is 7. The molecule has 2 heteroatoms. The maximum Gasteiger partial charge on any atom is 0.0714 e. The van der Waals surface area contributed by atoms with Gasteiger partial charge in [-0.2, -0.15) is 0 Å². The van der Waals surface area contributed by atoms with Crippen LogP contribution < -0.4 is 4.90 Å². The smallest absolute Gasteiger partial charge is 0.0714 e. The summed E-state index contributed by atoms with van der Waals surface area (Å²) in [4.78, 5) is 2.55. The van der Waals surface area contributed by atoms with E-state index in [4.69, 9.17) is 0 Å². The van der Waals surface area contributed by atoms with E-state index in [2.05, 4.69) is 264 Å². The van der Waals surface area contributed by atoms with Crippen molar-refractivity contribution in [2.45, 2.75) is 5.41 Å². The highest BCUT2D eigenvalue weighted by Gasteiger charge is 2.47. The van der Waals surface area contributed by atoms with Crippen LogP contribution in [0.25, 0.3) is 71.3 Å². The molecule has 0 spiro atoms. The van der Waals surface area contributed by atoms with Crippen LogP contribution in [0, 0.1) is 0 Å². The van der Waals surface area contributed by atoms with Gasteiger partial charge in [-0.15, -0.1) is 0 Å². The predicted molar refractivity (Wildman–Crippen MR) is 273 cm³/mol. The first-order valence-corrected chi connectivity index (χ1v) is 22.5. The summed E-state index contributed by atoms with van der Waals surface area (Å²) in [6.45, 7) is 0. The second-order valence-corrected chi connectivity index (χ2v) is 17.2. The van der Waals surface area contributed by atoms with Gasteiger partial charge in [0.1, 0.15) is 0 Å². The molecule has 0 N–H and O–H groups in total. The molecule has 304 valence electrons. The summed E-state index contributed by atoms with van der Waals surface area (Å²) in [5.74, 6) is 0. The van der Waals surface area contributed by atoms with Gasteiger partial charge in [-0.3, -0.25) is 0 Å². The summed E-state index contributed by atoms with van der Waals surface area (Å²) >= 11 is 0. The number of para-hydroxylation sites is 2. The molecule has 1 heterocycles. The quantitative estimate of drug-likeness (QED) is 0.155. The lowest BCUT2D eigenvalue weighted by atomic mass is 9.68. The van der Waals surface area contributed by atoms with Crippen molar-refractivity contribution in [1.82, 2.24) is 4.57 Å². The summed E-state index contributed by atoms with van der Waals surface area (Å²) in [7, 11) is 0. The van der Waals surface area contributed by atoms with Crippen molar-refractivity contribution in [1.29, 1.82) is 0 Å². The summed E-state index contributed by atoms with van der Waals surface area (Å²) in [6.07, 6.45) is 0. The number of aromatic nitrogens is 1. The number of hydrogen-bond acceptors (Lipinski definition) is 1. The van der Waals surface area contributed by atoms with E-state index < -0.39 is 5.41 Å². The van der Waals surface area contributed by atoms with Crippen molar-refractivity contribution in [2.24, 2.45) is 0 Å². The Kier molecular flexibility index (Phi) is 8.47. The zero-order chi connectivity index (χ0) is 42.9. The number of nitrogens with zero attached hydrogens (tertiary/aromatic N) is 2. The lowest BCUT2D eigenvalue weighted by molar-refractivity contribution is 0.768. The summed E-state index contributed by atoms with van der Waals surface area (Å²) in [5.41, 5.74) is 16.2. The molecule has 13 rings (SSSR count). The monoisotopic (exact) mass is 826 g/mol. The van der Waals surface area contributed by atoms with Crippen molar-refractivity contribution in [3.05, 3.63) is 277 Å². The second-order valence-electron chi connectivity index (χ2n) is 17.2. The van der Waals surface area contributed by atoms with Gasteiger partial charge in [0.15, 0.2) is 0 Å². The van der Waals surface area contributed by atoms with Crippen molar-refractivity contribution in [2.75, 3.05) is 4.90 Å². The standard InChI is InChI=1S/C63H42N2/c1-5-23-48(24-6-1)63(49-25-7-2-8-26-49)55-33-18-17-32-53(55)60-56(63)34-19-35-58(60)64(50-27-9-3-10-28-50)59-42-47-22-15-16-31-52(47)62-61(59)54-41-46(45-37-36-43-20-13-14-21-44(43)40-45)38-39-57(54)65(62)51-29-11-4-12-30-51/h1-42H. The Labute approximate surface area is 378 Å². The van der Waals surface area contributed by atoms with Crippen molar-refractivity contribution < 1.29 is 0 Å². The Morgan fingerprint density at radius 2 is 0.954 bits per heavy atom. The van der Waals surface area contributed by atoms with Gasteiger partial charge in [-0.05, 0) is 110 Å². The molecular weight excluding hydrogens is 785 g/mol. The number of anilines is 3. The van der Waals surface area contributed by atoms with Gasteiger partial charge in [0.05, 0.1) is 27.8 Å².